The highest BCUT2D eigenvalue weighted by Crippen LogP contribution is 2.21. The average Bonchev–Trinajstić information content (AvgIpc) is 3.09. The van der Waals surface area contributed by atoms with Gasteiger partial charge in [0.1, 0.15) is 36.6 Å². The first-order valence-electron chi connectivity index (χ1n) is 16.3. The number of rotatable bonds is 16. The van der Waals surface area contributed by atoms with Crippen LogP contribution in [0.2, 0.25) is 0 Å². The molecule has 0 heterocycles. The Balaban J connectivity index is 1.84. The Morgan fingerprint density at radius 3 is 1.94 bits per heavy atom. The molecular formula is C37H46N4O9. The van der Waals surface area contributed by atoms with Crippen LogP contribution in [0.1, 0.15) is 56.7 Å². The van der Waals surface area contributed by atoms with E-state index in [0.29, 0.717) is 22.4 Å². The summed E-state index contributed by atoms with van der Waals surface area (Å²) in [6, 6.07) is 21.3. The van der Waals surface area contributed by atoms with Crippen molar-refractivity contribution in [3.63, 3.8) is 0 Å². The number of nitrogens with one attached hydrogen (secondary N) is 2. The van der Waals surface area contributed by atoms with Crippen LogP contribution in [0.25, 0.3) is 0 Å². The molecule has 268 valence electrons. The normalized spacial score (nSPS) is 12.2. The molecule has 3 aromatic carbocycles. The molecule has 0 saturated carbocycles. The highest BCUT2D eigenvalue weighted by Gasteiger charge is 2.41. The van der Waals surface area contributed by atoms with Crippen molar-refractivity contribution in [1.29, 1.82) is 0 Å². The van der Waals surface area contributed by atoms with Gasteiger partial charge in [-0.15, -0.1) is 0 Å². The number of unbranched alkanes of at least 4 members (excludes halogenated alkanes) is 1. The van der Waals surface area contributed by atoms with Crippen LogP contribution in [-0.2, 0) is 48.2 Å². The van der Waals surface area contributed by atoms with Crippen molar-refractivity contribution in [3.8, 4) is 5.75 Å². The first kappa shape index (κ1) is 39.0. The maximum Gasteiger partial charge on any atom is 0.417 e. The lowest BCUT2D eigenvalue weighted by molar-refractivity contribution is -0.156. The number of phenols is 1. The molecule has 0 aliphatic carbocycles. The van der Waals surface area contributed by atoms with Crippen molar-refractivity contribution in [3.05, 3.63) is 102 Å². The van der Waals surface area contributed by atoms with Gasteiger partial charge in [-0.25, -0.2) is 19.3 Å². The number of imide groups is 1. The van der Waals surface area contributed by atoms with Crippen LogP contribution >= 0.6 is 0 Å². The number of nitrogens with two attached hydrogens (primary N) is 1. The second-order valence-electron chi connectivity index (χ2n) is 12.5. The minimum atomic E-state index is -1.46. The van der Waals surface area contributed by atoms with Gasteiger partial charge in [0.2, 0.25) is 5.91 Å². The quantitative estimate of drug-likeness (QED) is 0.0957. The molecule has 0 spiro atoms. The van der Waals surface area contributed by atoms with E-state index in [1.807, 2.05) is 36.4 Å². The standard InChI is InChI=1S/C37H46N4O9/c1-37(2,3)50-36(47)41(33(44)30(40-32(43)23-38)22-26-17-19-29(42)20-18-26)31(34(45)48-24-27-12-6-4-7-13-27)16-10-11-21-39-35(46)49-25-28-14-8-5-9-15-28/h4-9,12-15,17-20,30-31,42H,10-11,16,21-25,38H2,1-3H3,(H,39,46)(H,40,43)/t30-,31-/m0/s1. The fraction of sp³-hybridized carbons (Fsp3) is 0.378. The lowest BCUT2D eigenvalue weighted by Gasteiger charge is -2.33. The maximum absolute atomic E-state index is 14.3. The minimum absolute atomic E-state index is 0.00169. The van der Waals surface area contributed by atoms with Gasteiger partial charge in [-0.05, 0) is 68.9 Å². The van der Waals surface area contributed by atoms with Gasteiger partial charge in [-0.2, -0.15) is 0 Å². The first-order valence-corrected chi connectivity index (χ1v) is 16.3. The van der Waals surface area contributed by atoms with E-state index in [-0.39, 0.29) is 44.8 Å². The van der Waals surface area contributed by atoms with Gasteiger partial charge in [-0.3, -0.25) is 9.59 Å². The summed E-state index contributed by atoms with van der Waals surface area (Å²) in [5, 5.41) is 15.0. The third-order valence-electron chi connectivity index (χ3n) is 7.22. The number of aromatic hydroxyl groups is 1. The minimum Gasteiger partial charge on any atom is -0.508 e. The van der Waals surface area contributed by atoms with E-state index in [9.17, 15) is 29.1 Å². The Morgan fingerprint density at radius 2 is 1.38 bits per heavy atom. The monoisotopic (exact) mass is 690 g/mol. The third kappa shape index (κ3) is 13.6. The van der Waals surface area contributed by atoms with Crippen LogP contribution < -0.4 is 16.4 Å². The number of phenolic OH excluding ortho intramolecular Hbond substituents is 1. The molecule has 50 heavy (non-hydrogen) atoms. The zero-order chi connectivity index (χ0) is 36.5. The molecule has 4 amide bonds. The second kappa shape index (κ2) is 19.5. The summed E-state index contributed by atoms with van der Waals surface area (Å²) < 4.78 is 16.5. The van der Waals surface area contributed by atoms with Gasteiger partial charge in [0.25, 0.3) is 5.91 Å². The zero-order valence-electron chi connectivity index (χ0n) is 28.6. The van der Waals surface area contributed by atoms with Crippen molar-refractivity contribution in [2.75, 3.05) is 13.1 Å². The van der Waals surface area contributed by atoms with Crippen LogP contribution in [0.15, 0.2) is 84.9 Å². The van der Waals surface area contributed by atoms with E-state index in [1.165, 1.54) is 12.1 Å². The van der Waals surface area contributed by atoms with Gasteiger partial charge in [0.15, 0.2) is 0 Å². The lowest BCUT2D eigenvalue weighted by Crippen LogP contribution is -2.58. The van der Waals surface area contributed by atoms with Crippen LogP contribution in [0.4, 0.5) is 9.59 Å². The molecule has 3 aromatic rings. The molecular weight excluding hydrogens is 644 g/mol. The Hall–Kier alpha value is -5.43. The molecule has 0 fully saturated rings. The van der Waals surface area contributed by atoms with Crippen LogP contribution in [0.3, 0.4) is 0 Å². The molecule has 2 atom stereocenters. The van der Waals surface area contributed by atoms with Crippen molar-refractivity contribution in [2.24, 2.45) is 5.73 Å². The Kier molecular flexibility index (Phi) is 15.2. The number of nitrogens with zero attached hydrogens (tertiary/aromatic N) is 1. The number of alkyl carbamates (subject to hydrolysis) is 1. The number of hydrogen-bond acceptors (Lipinski definition) is 10. The number of hydrogen-bond donors (Lipinski definition) is 4. The summed E-state index contributed by atoms with van der Waals surface area (Å²) in [5.74, 6) is -2.45. The fourth-order valence-electron chi connectivity index (χ4n) is 4.78. The summed E-state index contributed by atoms with van der Waals surface area (Å²) in [6.07, 6.45) is -1.23. The summed E-state index contributed by atoms with van der Waals surface area (Å²) in [7, 11) is 0. The molecule has 0 aliphatic heterocycles. The van der Waals surface area contributed by atoms with Crippen LogP contribution in [-0.4, -0.2) is 70.8 Å². The molecule has 0 unspecified atom stereocenters. The van der Waals surface area contributed by atoms with E-state index in [1.54, 1.807) is 57.2 Å². The van der Waals surface area contributed by atoms with E-state index in [2.05, 4.69) is 10.6 Å². The van der Waals surface area contributed by atoms with Crippen molar-refractivity contribution in [2.45, 2.75) is 77.4 Å². The summed E-state index contributed by atoms with van der Waals surface area (Å²) >= 11 is 0. The van der Waals surface area contributed by atoms with Gasteiger partial charge < -0.3 is 35.7 Å². The second-order valence-corrected chi connectivity index (χ2v) is 12.5. The summed E-state index contributed by atoms with van der Waals surface area (Å²) in [6.45, 7) is 4.57. The molecule has 0 aromatic heterocycles. The van der Waals surface area contributed by atoms with Gasteiger partial charge in [0, 0.05) is 13.0 Å². The predicted octanol–water partition coefficient (Wildman–Crippen LogP) is 4.35. The largest absolute Gasteiger partial charge is 0.508 e. The molecule has 13 nitrogen and oxygen atoms in total. The molecule has 0 bridgehead atoms. The molecule has 0 saturated heterocycles. The number of carbonyl (C=O) groups excluding carboxylic acids is 5. The number of ether oxygens (including phenoxy) is 3. The SMILES string of the molecule is CC(C)(C)OC(=O)N(C(=O)[C@H](Cc1ccc(O)cc1)NC(=O)CN)[C@@H](CCCCNC(=O)OCc1ccccc1)C(=O)OCc1ccccc1. The number of esters is 1. The number of carbonyl (C=O) groups is 5. The average molecular weight is 691 g/mol. The topological polar surface area (TPSA) is 187 Å². The predicted molar refractivity (Wildman–Crippen MR) is 184 cm³/mol. The van der Waals surface area contributed by atoms with Crippen LogP contribution in [0, 0.1) is 0 Å². The maximum atomic E-state index is 14.3. The highest BCUT2D eigenvalue weighted by atomic mass is 16.6. The Morgan fingerprint density at radius 1 is 0.800 bits per heavy atom. The molecule has 3 rings (SSSR count). The third-order valence-corrected chi connectivity index (χ3v) is 7.22. The van der Waals surface area contributed by atoms with Crippen molar-refractivity contribution >= 4 is 30.0 Å². The molecule has 0 aliphatic rings. The van der Waals surface area contributed by atoms with Crippen LogP contribution in [0.5, 0.6) is 5.75 Å². The molecule has 5 N–H and O–H groups in total. The highest BCUT2D eigenvalue weighted by molar-refractivity contribution is 6.00. The fourth-order valence-corrected chi connectivity index (χ4v) is 4.78. The van der Waals surface area contributed by atoms with E-state index >= 15 is 0 Å². The summed E-state index contributed by atoms with van der Waals surface area (Å²) in [4.78, 5) is 67.3. The van der Waals surface area contributed by atoms with E-state index < -0.39 is 54.2 Å². The van der Waals surface area contributed by atoms with Crippen molar-refractivity contribution in [1.82, 2.24) is 15.5 Å². The smallest absolute Gasteiger partial charge is 0.417 e. The van der Waals surface area contributed by atoms with Gasteiger partial charge in [-0.1, -0.05) is 72.8 Å². The summed E-state index contributed by atoms with van der Waals surface area (Å²) in [5.41, 5.74) is 6.57. The van der Waals surface area contributed by atoms with E-state index in [0.717, 1.165) is 5.56 Å². The van der Waals surface area contributed by atoms with Gasteiger partial charge >= 0.3 is 18.2 Å². The first-order chi connectivity index (χ1) is 23.9. The molecule has 0 radical (unpaired) electrons. The van der Waals surface area contributed by atoms with Crippen molar-refractivity contribution < 1.29 is 43.3 Å². The van der Waals surface area contributed by atoms with Gasteiger partial charge in [0.05, 0.1) is 6.54 Å². The molecule has 13 heteroatoms. The number of amides is 4. The zero-order valence-corrected chi connectivity index (χ0v) is 28.6. The Labute approximate surface area is 292 Å². The Bertz CT molecular complexity index is 1540. The lowest BCUT2D eigenvalue weighted by atomic mass is 10.0. The van der Waals surface area contributed by atoms with E-state index in [4.69, 9.17) is 19.9 Å². The number of benzene rings is 3.